The van der Waals surface area contributed by atoms with Crippen molar-refractivity contribution < 1.29 is 15.0 Å². The van der Waals surface area contributed by atoms with Gasteiger partial charge in [-0.3, -0.25) is 4.79 Å². The van der Waals surface area contributed by atoms with Crippen molar-refractivity contribution in [1.82, 2.24) is 19.4 Å². The summed E-state index contributed by atoms with van der Waals surface area (Å²) in [5.41, 5.74) is 1.51. The molecular formula is C27H25ClN4O3. The number of fused-ring (bicyclic) bond motifs is 2. The van der Waals surface area contributed by atoms with Crippen molar-refractivity contribution in [2.75, 3.05) is 13.1 Å². The summed E-state index contributed by atoms with van der Waals surface area (Å²) >= 11 is 6.17. The predicted molar refractivity (Wildman–Crippen MR) is 135 cm³/mol. The molecule has 8 heteroatoms. The van der Waals surface area contributed by atoms with Gasteiger partial charge in [-0.2, -0.15) is 0 Å². The van der Waals surface area contributed by atoms with E-state index >= 15 is 0 Å². The van der Waals surface area contributed by atoms with Gasteiger partial charge in [-0.25, -0.2) is 9.97 Å². The minimum Gasteiger partial charge on any atom is -0.390 e. The Labute approximate surface area is 208 Å². The van der Waals surface area contributed by atoms with Crippen molar-refractivity contribution in [3.8, 4) is 11.8 Å². The number of amides is 1. The molecule has 1 fully saturated rings. The summed E-state index contributed by atoms with van der Waals surface area (Å²) in [5, 5.41) is 24.8. The van der Waals surface area contributed by atoms with E-state index in [-0.39, 0.29) is 18.4 Å². The number of carbonyl (C=O) groups is 1. The highest BCUT2D eigenvalue weighted by Gasteiger charge is 2.43. The Kier molecular flexibility index (Phi) is 6.44. The average molecular weight is 489 g/mol. The van der Waals surface area contributed by atoms with Crippen molar-refractivity contribution >= 4 is 39.3 Å². The first-order valence-corrected chi connectivity index (χ1v) is 11.9. The van der Waals surface area contributed by atoms with E-state index in [1.165, 1.54) is 13.3 Å². The van der Waals surface area contributed by atoms with E-state index < -0.39 is 18.2 Å². The Morgan fingerprint density at radius 2 is 1.91 bits per heavy atom. The van der Waals surface area contributed by atoms with Crippen LogP contribution in [0.4, 0.5) is 0 Å². The van der Waals surface area contributed by atoms with Crippen molar-refractivity contribution in [1.29, 1.82) is 0 Å². The highest BCUT2D eigenvalue weighted by atomic mass is 35.5. The summed E-state index contributed by atoms with van der Waals surface area (Å²) in [6, 6.07) is 15.4. The predicted octanol–water partition coefficient (Wildman–Crippen LogP) is 3.42. The lowest BCUT2D eigenvalue weighted by Gasteiger charge is -2.24. The van der Waals surface area contributed by atoms with Gasteiger partial charge in [0.15, 0.2) is 0 Å². The summed E-state index contributed by atoms with van der Waals surface area (Å²) < 4.78 is 1.83. The first-order valence-electron chi connectivity index (χ1n) is 11.5. The monoisotopic (exact) mass is 488 g/mol. The lowest BCUT2D eigenvalue weighted by Crippen LogP contribution is -2.38. The maximum Gasteiger partial charge on any atom is 0.220 e. The maximum atomic E-state index is 12.4. The molecular weight excluding hydrogens is 464 g/mol. The molecule has 0 bridgehead atoms. The first-order chi connectivity index (χ1) is 16.9. The third-order valence-electron chi connectivity index (χ3n) is 6.77. The molecule has 0 unspecified atom stereocenters. The van der Waals surface area contributed by atoms with Crippen molar-refractivity contribution in [3.05, 3.63) is 71.8 Å². The summed E-state index contributed by atoms with van der Waals surface area (Å²) in [6.07, 6.45) is 1.67. The van der Waals surface area contributed by atoms with Gasteiger partial charge in [0, 0.05) is 31.1 Å². The van der Waals surface area contributed by atoms with Crippen LogP contribution in [0.1, 0.15) is 24.9 Å². The minimum atomic E-state index is -1.00. The topological polar surface area (TPSA) is 91.5 Å². The molecule has 0 saturated heterocycles. The smallest absolute Gasteiger partial charge is 0.220 e. The number of halogens is 1. The molecule has 5 rings (SSSR count). The normalized spacial score (nSPS) is 21.7. The van der Waals surface area contributed by atoms with Crippen molar-refractivity contribution in [3.63, 3.8) is 0 Å². The Hall–Kier alpha value is -3.44. The fourth-order valence-corrected chi connectivity index (χ4v) is 5.11. The van der Waals surface area contributed by atoms with Crippen LogP contribution >= 0.6 is 11.6 Å². The Bertz CT molecular complexity index is 1450. The van der Waals surface area contributed by atoms with Gasteiger partial charge in [0.2, 0.25) is 5.91 Å². The Balaban J connectivity index is 1.33. The second-order valence-corrected chi connectivity index (χ2v) is 9.26. The molecule has 2 heterocycles. The van der Waals surface area contributed by atoms with Crippen LogP contribution in [0.25, 0.3) is 21.8 Å². The summed E-state index contributed by atoms with van der Waals surface area (Å²) in [6.45, 7) is 2.02. The molecule has 0 spiro atoms. The van der Waals surface area contributed by atoms with Gasteiger partial charge < -0.3 is 19.7 Å². The quantitative estimate of drug-likeness (QED) is 0.339. The van der Waals surface area contributed by atoms with E-state index in [0.29, 0.717) is 29.2 Å². The van der Waals surface area contributed by atoms with Crippen LogP contribution in [0.3, 0.4) is 0 Å². The van der Waals surface area contributed by atoms with Gasteiger partial charge >= 0.3 is 0 Å². The Morgan fingerprint density at radius 3 is 2.74 bits per heavy atom. The number of carbonyl (C=O) groups excluding carboxylic acids is 1. The summed E-state index contributed by atoms with van der Waals surface area (Å²) in [5.74, 6) is 5.86. The van der Waals surface area contributed by atoms with Crippen LogP contribution in [0.15, 0.2) is 61.1 Å². The first kappa shape index (κ1) is 23.3. The molecule has 1 amide bonds. The summed E-state index contributed by atoms with van der Waals surface area (Å²) in [7, 11) is 0. The minimum absolute atomic E-state index is 0.131. The van der Waals surface area contributed by atoms with E-state index in [0.717, 1.165) is 16.3 Å². The average Bonchev–Trinajstić information content (AvgIpc) is 3.40. The molecule has 0 radical (unpaired) electrons. The zero-order valence-corrected chi connectivity index (χ0v) is 19.9. The number of hydrogen-bond donors (Lipinski definition) is 2. The number of benzene rings is 2. The van der Waals surface area contributed by atoms with Crippen LogP contribution in [0.2, 0.25) is 5.15 Å². The molecule has 1 aliphatic carbocycles. The standard InChI is InChI=1S/C27H25ClN4O3/c1-17(33)31(12-5-9-19-8-4-7-18-6-2-3-10-21(18)19)15-20-14-23(25(35)24(20)34)32-13-11-22-26(28)29-16-30-27(22)32/h2-4,6-8,10-11,13,16,20,23-25,34-35H,12,14-15H2,1H3/t20-,23-,24-,25+/m1/s1. The summed E-state index contributed by atoms with van der Waals surface area (Å²) in [4.78, 5) is 22.3. The lowest BCUT2D eigenvalue weighted by molar-refractivity contribution is -0.129. The van der Waals surface area contributed by atoms with E-state index in [2.05, 4.69) is 21.8 Å². The second-order valence-electron chi connectivity index (χ2n) is 8.90. The molecule has 178 valence electrons. The molecule has 7 nitrogen and oxygen atoms in total. The largest absolute Gasteiger partial charge is 0.390 e. The van der Waals surface area contributed by atoms with Gasteiger partial charge in [0.25, 0.3) is 0 Å². The van der Waals surface area contributed by atoms with Crippen LogP contribution in [0.5, 0.6) is 0 Å². The number of hydrogen-bond acceptors (Lipinski definition) is 5. The number of aliphatic hydroxyl groups is 2. The zero-order valence-electron chi connectivity index (χ0n) is 19.2. The van der Waals surface area contributed by atoms with Gasteiger partial charge in [-0.05, 0) is 29.3 Å². The van der Waals surface area contributed by atoms with Crippen LogP contribution in [0, 0.1) is 17.8 Å². The molecule has 4 aromatic rings. The van der Waals surface area contributed by atoms with Crippen LogP contribution < -0.4 is 0 Å². The van der Waals surface area contributed by atoms with Crippen LogP contribution in [-0.2, 0) is 4.79 Å². The number of aromatic nitrogens is 3. The third-order valence-corrected chi connectivity index (χ3v) is 7.07. The van der Waals surface area contributed by atoms with Gasteiger partial charge in [-0.1, -0.05) is 59.8 Å². The van der Waals surface area contributed by atoms with Gasteiger partial charge in [-0.15, -0.1) is 0 Å². The Morgan fingerprint density at radius 1 is 1.11 bits per heavy atom. The van der Waals surface area contributed by atoms with Crippen molar-refractivity contribution in [2.45, 2.75) is 31.6 Å². The molecule has 2 aromatic carbocycles. The molecule has 2 N–H and O–H groups in total. The molecule has 1 saturated carbocycles. The zero-order chi connectivity index (χ0) is 24.5. The fourth-order valence-electron chi connectivity index (χ4n) is 4.92. The number of rotatable bonds is 4. The van der Waals surface area contributed by atoms with E-state index in [4.69, 9.17) is 11.6 Å². The third kappa shape index (κ3) is 4.48. The number of aliphatic hydroxyl groups excluding tert-OH is 2. The SMILES string of the molecule is CC(=O)N(CC#Cc1cccc2ccccc12)C[C@H]1C[C@@H](n2ccc3c(Cl)ncnc32)[C@H](O)[C@@H]1O. The molecule has 2 aromatic heterocycles. The molecule has 0 aliphatic heterocycles. The fraction of sp³-hybridized carbons (Fsp3) is 0.296. The van der Waals surface area contributed by atoms with E-state index in [9.17, 15) is 15.0 Å². The van der Waals surface area contributed by atoms with E-state index in [1.54, 1.807) is 17.2 Å². The van der Waals surface area contributed by atoms with Gasteiger partial charge in [0.05, 0.1) is 24.1 Å². The molecule has 4 atom stereocenters. The van der Waals surface area contributed by atoms with Gasteiger partial charge in [0.1, 0.15) is 23.2 Å². The second kappa shape index (κ2) is 9.67. The van der Waals surface area contributed by atoms with Crippen molar-refractivity contribution in [2.24, 2.45) is 5.92 Å². The molecule has 1 aliphatic rings. The molecule has 35 heavy (non-hydrogen) atoms. The van der Waals surface area contributed by atoms with Crippen LogP contribution in [-0.4, -0.2) is 60.9 Å². The lowest BCUT2D eigenvalue weighted by atomic mass is 10.0. The maximum absolute atomic E-state index is 12.4. The highest BCUT2D eigenvalue weighted by Crippen LogP contribution is 2.38. The number of nitrogens with zero attached hydrogens (tertiary/aromatic N) is 4. The highest BCUT2D eigenvalue weighted by molar-refractivity contribution is 6.33. The van der Waals surface area contributed by atoms with E-state index in [1.807, 2.05) is 47.0 Å².